The van der Waals surface area contributed by atoms with Crippen molar-refractivity contribution in [2.24, 2.45) is 0 Å². The zero-order valence-corrected chi connectivity index (χ0v) is 10.3. The van der Waals surface area contributed by atoms with E-state index in [1.54, 1.807) is 6.92 Å². The molecule has 0 aliphatic heterocycles. The number of esters is 1. The van der Waals surface area contributed by atoms with E-state index in [-0.39, 0.29) is 5.97 Å². The van der Waals surface area contributed by atoms with E-state index in [0.717, 1.165) is 11.0 Å². The maximum absolute atomic E-state index is 10.9. The minimum Gasteiger partial charge on any atom is -0.544 e. The summed E-state index contributed by atoms with van der Waals surface area (Å²) < 4.78 is 22.2. The maximum Gasteiger partial charge on any atom is 0.333 e. The van der Waals surface area contributed by atoms with Gasteiger partial charge in [-0.1, -0.05) is 6.58 Å². The third kappa shape index (κ3) is 16.1. The van der Waals surface area contributed by atoms with Gasteiger partial charge in [0.15, 0.2) is 0 Å². The quantitative estimate of drug-likeness (QED) is 0.338. The number of likely N-dealkylation sites (N-methyl/N-ethyl adjacent to an activating group) is 1. The van der Waals surface area contributed by atoms with Crippen LogP contribution in [-0.2, 0) is 9.53 Å². The number of ether oxygens (including phenoxy) is 1. The van der Waals surface area contributed by atoms with Gasteiger partial charge < -0.3 is 18.5 Å². The predicted octanol–water partition coefficient (Wildman–Crippen LogP) is -1.57. The molecule has 0 aliphatic carbocycles. The lowest BCUT2D eigenvalue weighted by Crippen LogP contribution is -2.38. The maximum atomic E-state index is 10.9. The molecule has 0 unspecified atom stereocenters. The molecule has 0 heterocycles. The number of hydrogen-bond acceptors (Lipinski definition) is 4. The first-order valence-electron chi connectivity index (χ1n) is 4.27. The largest absolute Gasteiger partial charge is 0.544 e. The first kappa shape index (κ1) is 16.8. The van der Waals surface area contributed by atoms with E-state index in [9.17, 15) is 4.79 Å². The highest BCUT2D eigenvalue weighted by Gasteiger charge is 2.09. The standard InChI is InChI=1S/C9H18NO2.ClO2/c1-8(2)9(11)12-7-6-10(3,4)5;2-1-3/h1,6-7H2,2-5H3;/q+1;-1. The summed E-state index contributed by atoms with van der Waals surface area (Å²) in [6.45, 7) is 6.41. The number of halogens is 1. The molecule has 0 aromatic rings. The van der Waals surface area contributed by atoms with Crippen molar-refractivity contribution in [1.82, 2.24) is 0 Å². The number of carbonyl (C=O) groups excluding carboxylic acids is 1. The molecular formula is C9H18ClNO4. The Kier molecular flexibility index (Phi) is 9.71. The molecule has 15 heavy (non-hydrogen) atoms. The zero-order valence-electron chi connectivity index (χ0n) is 9.58. The highest BCUT2D eigenvalue weighted by molar-refractivity contribution is 5.86. The van der Waals surface area contributed by atoms with Crippen LogP contribution in [0.5, 0.6) is 0 Å². The van der Waals surface area contributed by atoms with Gasteiger partial charge in [0.2, 0.25) is 0 Å². The van der Waals surface area contributed by atoms with Crippen LogP contribution in [0.1, 0.15) is 6.92 Å². The second kappa shape index (κ2) is 8.67. The van der Waals surface area contributed by atoms with E-state index in [2.05, 4.69) is 27.7 Å². The Morgan fingerprint density at radius 3 is 2.07 bits per heavy atom. The lowest BCUT2D eigenvalue weighted by molar-refractivity contribution is -1.41. The van der Waals surface area contributed by atoms with Gasteiger partial charge in [0, 0.05) is 5.57 Å². The van der Waals surface area contributed by atoms with Gasteiger partial charge in [-0.25, -0.2) is 4.79 Å². The predicted molar refractivity (Wildman–Crippen MR) is 48.7 cm³/mol. The van der Waals surface area contributed by atoms with Crippen LogP contribution in [0.15, 0.2) is 12.2 Å². The van der Waals surface area contributed by atoms with Crippen LogP contribution in [-0.4, -0.2) is 44.7 Å². The highest BCUT2D eigenvalue weighted by atomic mass is 35.6. The zero-order chi connectivity index (χ0) is 12.5. The van der Waals surface area contributed by atoms with Crippen LogP contribution in [0.25, 0.3) is 0 Å². The Morgan fingerprint density at radius 2 is 1.80 bits per heavy atom. The first-order valence-corrected chi connectivity index (χ1v) is 4.88. The van der Waals surface area contributed by atoms with E-state index >= 15 is 0 Å². The smallest absolute Gasteiger partial charge is 0.333 e. The Bertz CT molecular complexity index is 201. The van der Waals surface area contributed by atoms with Crippen molar-refractivity contribution >= 4 is 5.97 Å². The Balaban J connectivity index is 0. The molecule has 5 nitrogen and oxygen atoms in total. The average molecular weight is 240 g/mol. The van der Waals surface area contributed by atoms with Crippen LogP contribution >= 0.6 is 0 Å². The highest BCUT2D eigenvalue weighted by Crippen LogP contribution is 1.94. The fraction of sp³-hybridized carbons (Fsp3) is 0.667. The summed E-state index contributed by atoms with van der Waals surface area (Å²) in [6, 6.07) is 0. The Morgan fingerprint density at radius 1 is 1.40 bits per heavy atom. The van der Waals surface area contributed by atoms with Gasteiger partial charge in [0.25, 0.3) is 0 Å². The van der Waals surface area contributed by atoms with Crippen molar-refractivity contribution in [2.45, 2.75) is 6.92 Å². The fourth-order valence-electron chi connectivity index (χ4n) is 0.535. The van der Waals surface area contributed by atoms with Crippen molar-refractivity contribution in [1.29, 1.82) is 0 Å². The Hall–Kier alpha value is -0.620. The molecule has 0 bridgehead atoms. The van der Waals surface area contributed by atoms with E-state index in [0.29, 0.717) is 12.2 Å². The average Bonchev–Trinajstić information content (AvgIpc) is 2.02. The summed E-state index contributed by atoms with van der Waals surface area (Å²) in [5, 5.41) is 0. The molecule has 0 saturated heterocycles. The number of nitrogens with zero attached hydrogens (tertiary/aromatic N) is 1. The molecule has 0 amide bonds. The van der Waals surface area contributed by atoms with Crippen molar-refractivity contribution in [3.8, 4) is 0 Å². The third-order valence-corrected chi connectivity index (χ3v) is 1.34. The van der Waals surface area contributed by atoms with Gasteiger partial charge >= 0.3 is 5.97 Å². The van der Waals surface area contributed by atoms with Crippen molar-refractivity contribution in [3.63, 3.8) is 0 Å². The molecule has 0 rings (SSSR count). The van der Waals surface area contributed by atoms with Crippen LogP contribution in [0.3, 0.4) is 0 Å². The molecular weight excluding hydrogens is 222 g/mol. The second-order valence-corrected chi connectivity index (χ2v) is 4.12. The lowest BCUT2D eigenvalue weighted by Gasteiger charge is -2.23. The summed E-state index contributed by atoms with van der Waals surface area (Å²) in [6.07, 6.45) is 0. The molecule has 0 aliphatic rings. The van der Waals surface area contributed by atoms with Crippen molar-refractivity contribution < 1.29 is 34.7 Å². The van der Waals surface area contributed by atoms with E-state index in [4.69, 9.17) is 14.1 Å². The summed E-state index contributed by atoms with van der Waals surface area (Å²) in [5.41, 5.74) is 0.455. The molecule has 0 atom stereocenters. The molecule has 0 radical (unpaired) electrons. The Labute approximate surface area is 94.6 Å². The molecule has 90 valence electrons. The second-order valence-electron chi connectivity index (χ2n) is 3.99. The molecule has 0 N–H and O–H groups in total. The minimum atomic E-state index is -0.417. The summed E-state index contributed by atoms with van der Waals surface area (Å²) in [5.74, 6) is -0.302. The van der Waals surface area contributed by atoms with Crippen LogP contribution < -0.4 is 9.32 Å². The normalized spacial score (nSPS) is 10.0. The SMILES string of the molecule is C=C(C)C(=O)OCC[N+](C)(C)C.[O-][Cl+][O-]. The molecule has 0 aromatic carbocycles. The van der Waals surface area contributed by atoms with Gasteiger partial charge in [-0.15, -0.1) is 0 Å². The number of hydrogen-bond donors (Lipinski definition) is 0. The van der Waals surface area contributed by atoms with Gasteiger partial charge in [-0.2, -0.15) is 0 Å². The van der Waals surface area contributed by atoms with Crippen molar-refractivity contribution in [2.75, 3.05) is 34.3 Å². The van der Waals surface area contributed by atoms with Gasteiger partial charge in [-0.3, -0.25) is 0 Å². The van der Waals surface area contributed by atoms with Crippen LogP contribution in [0, 0.1) is 11.3 Å². The fourth-order valence-corrected chi connectivity index (χ4v) is 0.535. The molecule has 0 aromatic heterocycles. The van der Waals surface area contributed by atoms with E-state index in [1.807, 2.05) is 0 Å². The number of carbonyl (C=O) groups is 1. The topological polar surface area (TPSA) is 72.4 Å². The van der Waals surface area contributed by atoms with Crippen molar-refractivity contribution in [3.05, 3.63) is 12.2 Å². The van der Waals surface area contributed by atoms with Crippen LogP contribution in [0.4, 0.5) is 0 Å². The van der Waals surface area contributed by atoms with Crippen LogP contribution in [0.2, 0.25) is 0 Å². The number of rotatable bonds is 4. The van der Waals surface area contributed by atoms with Gasteiger partial charge in [0.05, 0.1) is 32.5 Å². The third-order valence-electron chi connectivity index (χ3n) is 1.34. The minimum absolute atomic E-state index is 0.302. The summed E-state index contributed by atoms with van der Waals surface area (Å²) >= 11 is -0.417. The molecule has 0 fully saturated rings. The molecule has 6 heteroatoms. The molecule has 0 spiro atoms. The van der Waals surface area contributed by atoms with E-state index < -0.39 is 11.3 Å². The van der Waals surface area contributed by atoms with E-state index in [1.165, 1.54) is 0 Å². The monoisotopic (exact) mass is 239 g/mol. The lowest BCUT2D eigenvalue weighted by atomic mass is 10.4. The molecule has 0 saturated carbocycles. The number of quaternary nitrogens is 1. The van der Waals surface area contributed by atoms with Gasteiger partial charge in [0.1, 0.15) is 13.2 Å². The summed E-state index contributed by atoms with van der Waals surface area (Å²) in [7, 11) is 6.15. The van der Waals surface area contributed by atoms with Gasteiger partial charge in [-0.05, 0) is 6.92 Å². The first-order chi connectivity index (χ1) is 6.74. The summed E-state index contributed by atoms with van der Waals surface area (Å²) in [4.78, 5) is 10.9.